The molecule has 0 spiro atoms. The van der Waals surface area contributed by atoms with Crippen molar-refractivity contribution in [3.05, 3.63) is 75.5 Å². The number of amidine groups is 2. The largest absolute Gasteiger partial charge is 0.493 e. The second kappa shape index (κ2) is 8.28. The second-order valence-corrected chi connectivity index (χ2v) is 7.54. The van der Waals surface area contributed by atoms with Gasteiger partial charge in [-0.2, -0.15) is 4.99 Å². The van der Waals surface area contributed by atoms with Crippen LogP contribution in [-0.2, 0) is 16.2 Å². The van der Waals surface area contributed by atoms with Crippen molar-refractivity contribution >= 4 is 35.3 Å². The monoisotopic (exact) mass is 437 g/mol. The molecule has 0 fully saturated rings. The Morgan fingerprint density at radius 3 is 2.68 bits per heavy atom. The molecule has 2 heterocycles. The number of rotatable bonds is 5. The summed E-state index contributed by atoms with van der Waals surface area (Å²) in [5, 5.41) is 9.86. The van der Waals surface area contributed by atoms with Crippen molar-refractivity contribution in [3.8, 4) is 11.5 Å². The number of methoxy groups -OCH3 is 1. The number of aryl methyl sites for hydroxylation is 1. The number of fused-ring (bicyclic) bond motifs is 1. The molecule has 0 atom stereocenters. The zero-order valence-electron chi connectivity index (χ0n) is 17.2. The molecule has 0 saturated carbocycles. The number of halogens is 1. The lowest BCUT2D eigenvalue weighted by Gasteiger charge is -2.23. The zero-order valence-corrected chi connectivity index (χ0v) is 18.0. The quantitative estimate of drug-likeness (QED) is 0.686. The summed E-state index contributed by atoms with van der Waals surface area (Å²) in [5.41, 5.74) is 2.82. The molecule has 4 rings (SSSR count). The summed E-state index contributed by atoms with van der Waals surface area (Å²) in [6, 6.07) is 11.3. The van der Waals surface area contributed by atoms with Crippen LogP contribution in [0.3, 0.4) is 0 Å². The lowest BCUT2D eigenvalue weighted by atomic mass is 10.1. The van der Waals surface area contributed by atoms with Crippen LogP contribution >= 0.6 is 11.6 Å². The lowest BCUT2D eigenvalue weighted by Crippen LogP contribution is -2.38. The average Bonchev–Trinajstić information content (AvgIpc) is 3.11. The predicted molar refractivity (Wildman–Crippen MR) is 118 cm³/mol. The highest BCUT2D eigenvalue weighted by molar-refractivity contribution is 6.33. The van der Waals surface area contributed by atoms with E-state index in [4.69, 9.17) is 31.3 Å². The van der Waals surface area contributed by atoms with E-state index in [0.29, 0.717) is 40.3 Å². The summed E-state index contributed by atoms with van der Waals surface area (Å²) in [6.45, 7) is 4.08. The number of aliphatic imine (C=N–C) groups is 1. The number of allylic oxidation sites excluding steroid dienone is 1. The first-order valence-corrected chi connectivity index (χ1v) is 9.89. The number of amides is 1. The van der Waals surface area contributed by atoms with E-state index >= 15 is 0 Å². The minimum atomic E-state index is -0.527. The van der Waals surface area contributed by atoms with Gasteiger partial charge in [0.1, 0.15) is 12.4 Å². The zero-order chi connectivity index (χ0) is 22.1. The number of nitrogens with one attached hydrogen (secondary N) is 1. The van der Waals surface area contributed by atoms with Gasteiger partial charge in [0.25, 0.3) is 5.91 Å². The molecule has 0 saturated heterocycles. The Hall–Kier alpha value is -3.58. The second-order valence-electron chi connectivity index (χ2n) is 7.13. The Morgan fingerprint density at radius 1 is 1.23 bits per heavy atom. The van der Waals surface area contributed by atoms with E-state index in [2.05, 4.69) is 4.99 Å². The van der Waals surface area contributed by atoms with Gasteiger partial charge in [-0.05, 0) is 43.2 Å². The highest BCUT2D eigenvalue weighted by Gasteiger charge is 2.34. The van der Waals surface area contributed by atoms with Gasteiger partial charge in [0, 0.05) is 6.08 Å². The molecule has 7 nitrogen and oxygen atoms in total. The Bertz CT molecular complexity index is 1170. The van der Waals surface area contributed by atoms with Gasteiger partial charge in [0.15, 0.2) is 23.2 Å². The Kier molecular flexibility index (Phi) is 5.52. The summed E-state index contributed by atoms with van der Waals surface area (Å²) < 4.78 is 11.3. The third kappa shape index (κ3) is 4.18. The summed E-state index contributed by atoms with van der Waals surface area (Å²) in [7, 11) is 1.51. The molecular formula is C23H20ClN3O4. The lowest BCUT2D eigenvalue weighted by molar-refractivity contribution is -0.114. The third-order valence-electron chi connectivity index (χ3n) is 4.75. The smallest absolute Gasteiger partial charge is 0.282 e. The third-order valence-corrected chi connectivity index (χ3v) is 5.03. The van der Waals surface area contributed by atoms with Crippen molar-refractivity contribution in [1.82, 2.24) is 5.06 Å². The Labute approximate surface area is 184 Å². The van der Waals surface area contributed by atoms with Crippen molar-refractivity contribution in [3.63, 3.8) is 0 Å². The van der Waals surface area contributed by atoms with Crippen LogP contribution in [0.15, 0.2) is 58.8 Å². The van der Waals surface area contributed by atoms with Gasteiger partial charge in [0.05, 0.1) is 17.7 Å². The molecule has 1 amide bonds. The molecule has 2 aromatic carbocycles. The Morgan fingerprint density at radius 2 is 1.97 bits per heavy atom. The van der Waals surface area contributed by atoms with Crippen LogP contribution in [0.5, 0.6) is 11.5 Å². The molecule has 0 aromatic heterocycles. The SMILES string of the molecule is COc1cc(/C=C2/C(=N)N3OC(C)=CC3=NC2=O)cc(Cl)c1OCc1ccc(C)cc1. The van der Waals surface area contributed by atoms with Gasteiger partial charge in [-0.1, -0.05) is 41.4 Å². The molecule has 31 heavy (non-hydrogen) atoms. The van der Waals surface area contributed by atoms with E-state index in [1.54, 1.807) is 25.1 Å². The molecular weight excluding hydrogens is 418 g/mol. The van der Waals surface area contributed by atoms with Gasteiger partial charge in [0.2, 0.25) is 0 Å². The summed E-state index contributed by atoms with van der Waals surface area (Å²) in [4.78, 5) is 21.9. The highest BCUT2D eigenvalue weighted by atomic mass is 35.5. The number of carbonyl (C=O) groups excluding carboxylic acids is 1. The van der Waals surface area contributed by atoms with Crippen molar-refractivity contribution in [2.75, 3.05) is 7.11 Å². The maximum atomic E-state index is 12.5. The number of hydroxylamine groups is 2. The van der Waals surface area contributed by atoms with Gasteiger partial charge in [-0.3, -0.25) is 10.2 Å². The molecule has 0 bridgehead atoms. The fraction of sp³-hybridized carbons (Fsp3) is 0.174. The van der Waals surface area contributed by atoms with E-state index < -0.39 is 5.91 Å². The number of nitrogens with zero attached hydrogens (tertiary/aromatic N) is 2. The van der Waals surface area contributed by atoms with E-state index in [1.165, 1.54) is 23.8 Å². The van der Waals surface area contributed by atoms with Gasteiger partial charge in [-0.15, -0.1) is 5.06 Å². The minimum Gasteiger partial charge on any atom is -0.493 e. The first kappa shape index (κ1) is 20.7. The predicted octanol–water partition coefficient (Wildman–Crippen LogP) is 4.69. The van der Waals surface area contributed by atoms with Crippen LogP contribution in [0.2, 0.25) is 5.02 Å². The van der Waals surface area contributed by atoms with Gasteiger partial charge >= 0.3 is 0 Å². The molecule has 2 aromatic rings. The molecule has 0 unspecified atom stereocenters. The summed E-state index contributed by atoms with van der Waals surface area (Å²) >= 11 is 6.46. The molecule has 8 heteroatoms. The summed E-state index contributed by atoms with van der Waals surface area (Å²) in [6.07, 6.45) is 3.13. The van der Waals surface area contributed by atoms with Crippen LogP contribution < -0.4 is 9.47 Å². The van der Waals surface area contributed by atoms with Crippen molar-refractivity contribution < 1.29 is 19.1 Å². The number of benzene rings is 2. The van der Waals surface area contributed by atoms with Gasteiger partial charge < -0.3 is 14.3 Å². The van der Waals surface area contributed by atoms with Crippen LogP contribution in [-0.4, -0.2) is 29.8 Å². The molecule has 2 aliphatic heterocycles. The average molecular weight is 438 g/mol. The number of ether oxygens (including phenoxy) is 2. The number of hydrogen-bond donors (Lipinski definition) is 1. The van der Waals surface area contributed by atoms with E-state index in [1.807, 2.05) is 31.2 Å². The van der Waals surface area contributed by atoms with E-state index in [9.17, 15) is 4.79 Å². The van der Waals surface area contributed by atoms with Crippen LogP contribution in [0.1, 0.15) is 23.6 Å². The van der Waals surface area contributed by atoms with Crippen molar-refractivity contribution in [1.29, 1.82) is 5.41 Å². The molecule has 0 aliphatic carbocycles. The van der Waals surface area contributed by atoms with Crippen molar-refractivity contribution in [2.24, 2.45) is 4.99 Å². The standard InChI is InChI=1S/C23H20ClN3O4/c1-13-4-6-15(7-5-13)12-30-21-18(24)10-16(11-19(21)29-3)9-17-22(25)27-20(26-23(17)28)8-14(2)31-27/h4-11,25H,12H2,1-3H3/b17-9-,25-22?. The van der Waals surface area contributed by atoms with Crippen LogP contribution in [0.4, 0.5) is 0 Å². The number of hydrogen-bond acceptors (Lipinski definition) is 5. The Balaban J connectivity index is 1.60. The summed E-state index contributed by atoms with van der Waals surface area (Å²) in [5.74, 6) is 1.04. The molecule has 0 radical (unpaired) electrons. The molecule has 1 N–H and O–H groups in total. The fourth-order valence-electron chi connectivity index (χ4n) is 3.17. The van der Waals surface area contributed by atoms with Crippen molar-refractivity contribution in [2.45, 2.75) is 20.5 Å². The van der Waals surface area contributed by atoms with Crippen LogP contribution in [0.25, 0.3) is 6.08 Å². The fourth-order valence-corrected chi connectivity index (χ4v) is 3.44. The molecule has 158 valence electrons. The highest BCUT2D eigenvalue weighted by Crippen LogP contribution is 2.38. The first-order valence-electron chi connectivity index (χ1n) is 9.51. The maximum Gasteiger partial charge on any atom is 0.282 e. The number of carbonyl (C=O) groups is 1. The van der Waals surface area contributed by atoms with E-state index in [0.717, 1.165) is 5.56 Å². The molecule has 2 aliphatic rings. The van der Waals surface area contributed by atoms with Crippen LogP contribution in [0, 0.1) is 12.3 Å². The normalized spacial score (nSPS) is 16.6. The first-order chi connectivity index (χ1) is 14.9. The van der Waals surface area contributed by atoms with E-state index in [-0.39, 0.29) is 11.4 Å². The maximum absolute atomic E-state index is 12.5. The topological polar surface area (TPSA) is 84.2 Å². The minimum absolute atomic E-state index is 0.0818. The van der Waals surface area contributed by atoms with Gasteiger partial charge in [-0.25, -0.2) is 0 Å².